The Morgan fingerprint density at radius 2 is 0.225 bits per heavy atom. The van der Waals surface area contributed by atoms with Gasteiger partial charge in [0.2, 0.25) is 0 Å². The van der Waals surface area contributed by atoms with Crippen LogP contribution in [0.2, 0.25) is 0 Å². The number of alkyl halides is 2. The minimum Gasteiger partial charge on any atom is -0.432 e. The molecule has 2 unspecified atom stereocenters. The lowest BCUT2D eigenvalue weighted by atomic mass is 10.4. The Morgan fingerprint density at radius 1 is 0.134 bits per heavy atom. The van der Waals surface area contributed by atoms with Crippen LogP contribution in [0.25, 0.3) is 0 Å². The Morgan fingerprint density at radius 3 is 0.317 bits per heavy atom. The zero-order valence-corrected chi connectivity index (χ0v) is 87.3. The highest BCUT2D eigenvalue weighted by atomic mass is 35.5. The molecule has 0 amide bonds. The van der Waals surface area contributed by atoms with Gasteiger partial charge in [0.05, 0.1) is 579 Å². The number of methoxy groups -OCH3 is 2. The molecule has 0 N–H and O–H groups in total. The molecule has 0 aliphatic carbocycles. The van der Waals surface area contributed by atoms with Gasteiger partial charge >= 0.3 is 6.16 Å². The van der Waals surface area contributed by atoms with E-state index in [9.17, 15) is 4.79 Å². The minimum atomic E-state index is -0.860. The van der Waals surface area contributed by atoms with Crippen LogP contribution >= 0.6 is 23.2 Å². The third-order valence-corrected chi connectivity index (χ3v) is 18.0. The van der Waals surface area contributed by atoms with Crippen molar-refractivity contribution in [2.24, 2.45) is 0 Å². The Hall–Kier alpha value is -1.91. The quantitative estimate of drug-likeness (QED) is 0.0479. The highest BCUT2D eigenvalue weighted by Gasteiger charge is 2.14. The maximum Gasteiger partial charge on any atom is 0.508 e. The molecule has 0 radical (unpaired) electrons. The second kappa shape index (κ2) is 133. The summed E-state index contributed by atoms with van der Waals surface area (Å²) in [6, 6.07) is 0. The van der Waals surface area contributed by atoms with Gasteiger partial charge in [0, 0.05) is 14.2 Å². The third-order valence-electron chi connectivity index (χ3n) is 17.3. The van der Waals surface area contributed by atoms with E-state index in [4.69, 9.17) is 241 Å². The van der Waals surface area contributed by atoms with Gasteiger partial charge in [-0.05, 0) is 0 Å². The number of hydrogen-bond donors (Lipinski definition) is 0. The van der Waals surface area contributed by atoms with E-state index in [0.29, 0.717) is 529 Å². The first-order chi connectivity index (χ1) is 70.7. The van der Waals surface area contributed by atoms with Crippen molar-refractivity contribution in [1.29, 1.82) is 0 Å². The van der Waals surface area contributed by atoms with E-state index in [2.05, 4.69) is 0 Å². The Bertz CT molecular complexity index is 2100. The summed E-state index contributed by atoms with van der Waals surface area (Å²) in [6.07, 6.45) is -1.68. The van der Waals surface area contributed by atoms with Crippen molar-refractivity contribution in [2.45, 2.75) is 12.2 Å². The van der Waals surface area contributed by atoms with Gasteiger partial charge < -0.3 is 218 Å². The molecule has 2 atom stereocenters. The molecule has 0 bridgehead atoms. The molecule has 852 valence electrons. The van der Waals surface area contributed by atoms with Crippen LogP contribution in [-0.4, -0.2) is 613 Å². The van der Waals surface area contributed by atoms with Crippen molar-refractivity contribution in [1.82, 2.24) is 0 Å². The number of carbonyl (C=O) groups is 1. The molecule has 0 aromatic carbocycles. The monoisotopic (exact) mass is 2120 g/mol. The first-order valence-corrected chi connectivity index (χ1v) is 51.0. The van der Waals surface area contributed by atoms with E-state index in [1.807, 2.05) is 0 Å². The molecular weight excluding hydrogens is 1940 g/mol. The Kier molecular flexibility index (Phi) is 131. The van der Waals surface area contributed by atoms with Gasteiger partial charge in [-0.2, -0.15) is 0 Å². The molecule has 0 heterocycles. The average Bonchev–Trinajstić information content (AvgIpc) is 0.995. The van der Waals surface area contributed by atoms with Crippen LogP contribution in [0, 0.1) is 0 Å². The first kappa shape index (κ1) is 140. The largest absolute Gasteiger partial charge is 0.508 e. The van der Waals surface area contributed by atoms with Gasteiger partial charge in [-0.1, -0.05) is 0 Å². The Balaban J connectivity index is 3.29. The zero-order valence-electron chi connectivity index (χ0n) is 85.8. The summed E-state index contributed by atoms with van der Waals surface area (Å²) in [5.41, 5.74) is 0. The van der Waals surface area contributed by atoms with E-state index >= 15 is 0 Å². The van der Waals surface area contributed by atoms with Crippen molar-refractivity contribution < 1.29 is 223 Å². The molecular formula is C93H184Cl2O47. The number of ether oxygens (including phenoxy) is 46. The van der Waals surface area contributed by atoms with Crippen molar-refractivity contribution >= 4 is 29.4 Å². The van der Waals surface area contributed by atoms with Gasteiger partial charge in [-0.3, -0.25) is 0 Å². The van der Waals surface area contributed by atoms with E-state index in [0.717, 1.165) is 0 Å². The lowest BCUT2D eigenvalue weighted by molar-refractivity contribution is -0.0505. The van der Waals surface area contributed by atoms with Gasteiger partial charge in [0.15, 0.2) is 0 Å². The summed E-state index contributed by atoms with van der Waals surface area (Å²) in [6.45, 7) is 38.3. The summed E-state index contributed by atoms with van der Waals surface area (Å²) in [4.78, 5) is 12.1. The topological polar surface area (TPSA) is 442 Å². The van der Waals surface area contributed by atoms with E-state index in [1.54, 1.807) is 14.2 Å². The lowest BCUT2D eigenvalue weighted by Gasteiger charge is -2.16. The summed E-state index contributed by atoms with van der Waals surface area (Å²) < 4.78 is 252. The molecule has 142 heavy (non-hydrogen) atoms. The fraction of sp³-hybridized carbons (Fsp3) is 0.989. The second-order valence-corrected chi connectivity index (χ2v) is 29.3. The van der Waals surface area contributed by atoms with Crippen LogP contribution in [0.3, 0.4) is 0 Å². The molecule has 47 nitrogen and oxygen atoms in total. The molecule has 0 fully saturated rings. The van der Waals surface area contributed by atoms with Crippen molar-refractivity contribution in [2.75, 3.05) is 594 Å². The number of halogens is 2. The normalized spacial score (nSPS) is 12.3. The van der Waals surface area contributed by atoms with Crippen molar-refractivity contribution in [3.8, 4) is 0 Å². The Labute approximate surface area is 854 Å². The van der Waals surface area contributed by atoms with Crippen LogP contribution < -0.4 is 0 Å². The van der Waals surface area contributed by atoms with Crippen molar-refractivity contribution in [3.63, 3.8) is 0 Å². The van der Waals surface area contributed by atoms with Gasteiger partial charge in [-0.25, -0.2) is 4.79 Å². The standard InChI is InChI=1S/C93H184Cl2O47/c1-97-3-5-99-7-9-101-11-13-103-15-17-105-19-21-107-23-25-109-27-29-111-31-33-113-35-37-115-39-41-117-43-45-119-47-49-121-51-53-123-55-57-125-59-61-127-63-65-129-67-69-131-71-73-133-75-77-135-79-81-137-89-91(87-94)139-83-85-141-93(96)142-86-84-140-92(88-95)90-138-82-80-136-78-76-134-74-72-132-70-68-130-66-64-128-62-60-126-58-56-124-54-52-122-50-48-120-46-44-118-42-40-116-38-36-114-34-32-112-30-28-110-26-24-108-22-20-106-18-16-104-14-12-102-10-8-100-6-4-98-2/h91-92H,3-90H2,1-2H3. The number of carbonyl (C=O) groups excluding carboxylic acids is 1. The molecule has 0 aliphatic rings. The van der Waals surface area contributed by atoms with Crippen LogP contribution in [-0.2, 0) is 218 Å². The SMILES string of the molecule is COCCOCCOCCOCCOCCOCCOCCOCCOCCOCCOCCOCCOCCOCCOCCOCCOCCOCCOCCOCCOCC(CCl)OCCOC(=O)OCCOC(CCl)COCCOCCOCCOCCOCCOCCOCCOCCOCCOCCOCCOCCOCCOCCOCCOCCOCCOCCOCCOCCOC. The molecule has 0 aliphatic heterocycles. The molecule has 0 aromatic heterocycles. The van der Waals surface area contributed by atoms with Gasteiger partial charge in [-0.15, -0.1) is 23.2 Å². The van der Waals surface area contributed by atoms with E-state index in [-0.39, 0.29) is 51.4 Å². The number of rotatable bonds is 134. The van der Waals surface area contributed by atoms with Gasteiger partial charge in [0.1, 0.15) is 13.2 Å². The third kappa shape index (κ3) is 129. The number of hydrogen-bond acceptors (Lipinski definition) is 47. The summed E-state index contributed by atoms with van der Waals surface area (Å²) in [5.74, 6) is 0.368. The molecule has 0 saturated carbocycles. The van der Waals surface area contributed by atoms with E-state index < -0.39 is 18.4 Å². The zero-order chi connectivity index (χ0) is 101. The summed E-state index contributed by atoms with van der Waals surface area (Å²) in [7, 11) is 3.28. The minimum absolute atomic E-state index is 0.0379. The fourth-order valence-corrected chi connectivity index (χ4v) is 10.4. The van der Waals surface area contributed by atoms with Crippen LogP contribution in [0.15, 0.2) is 0 Å². The first-order valence-electron chi connectivity index (χ1n) is 49.9. The smallest absolute Gasteiger partial charge is 0.432 e. The summed E-state index contributed by atoms with van der Waals surface area (Å²) >= 11 is 12.1. The molecule has 0 saturated heterocycles. The molecule has 49 heteroatoms. The maximum atomic E-state index is 12.1. The van der Waals surface area contributed by atoms with Crippen molar-refractivity contribution in [3.05, 3.63) is 0 Å². The highest BCUT2D eigenvalue weighted by molar-refractivity contribution is 6.18. The predicted octanol–water partition coefficient (Wildman–Crippen LogP) is 2.34. The average molecular weight is 2130 g/mol. The molecule has 0 rings (SSSR count). The van der Waals surface area contributed by atoms with Crippen LogP contribution in [0.5, 0.6) is 0 Å². The highest BCUT2D eigenvalue weighted by Crippen LogP contribution is 2.03. The second-order valence-electron chi connectivity index (χ2n) is 28.6. The molecule has 0 spiro atoms. The molecule has 0 aromatic rings. The predicted molar refractivity (Wildman–Crippen MR) is 515 cm³/mol. The van der Waals surface area contributed by atoms with E-state index in [1.165, 1.54) is 0 Å². The fourth-order valence-electron chi connectivity index (χ4n) is 10.1. The maximum absolute atomic E-state index is 12.1. The van der Waals surface area contributed by atoms with Gasteiger partial charge in [0.25, 0.3) is 0 Å². The van der Waals surface area contributed by atoms with Crippen LogP contribution in [0.4, 0.5) is 4.79 Å². The summed E-state index contributed by atoms with van der Waals surface area (Å²) in [5, 5.41) is 0. The lowest BCUT2D eigenvalue weighted by Crippen LogP contribution is -2.26. The van der Waals surface area contributed by atoms with Crippen LogP contribution in [0.1, 0.15) is 0 Å².